The fourth-order valence-corrected chi connectivity index (χ4v) is 17.1. The lowest BCUT2D eigenvalue weighted by atomic mass is 10.1. The molecule has 15 rings (SSSR count). The van der Waals surface area contributed by atoms with Crippen LogP contribution in [0.15, 0.2) is 109 Å². The number of aryl methyl sites for hydroxylation is 5. The smallest absolute Gasteiger partial charge is 0.508 e. The van der Waals surface area contributed by atoms with E-state index in [0.29, 0.717) is 130 Å². The molecule has 3 saturated heterocycles. The van der Waals surface area contributed by atoms with Crippen molar-refractivity contribution < 1.29 is 120 Å². The highest BCUT2D eigenvalue weighted by Gasteiger charge is 2.36. The van der Waals surface area contributed by atoms with Gasteiger partial charge in [-0.1, -0.05) is 113 Å². The highest BCUT2D eigenvalue weighted by Crippen LogP contribution is 2.41. The highest BCUT2D eigenvalue weighted by atomic mass is 31.2. The number of hydrogen-bond donors (Lipinski definition) is 11. The lowest BCUT2D eigenvalue weighted by Gasteiger charge is -2.14. The summed E-state index contributed by atoms with van der Waals surface area (Å²) < 4.78 is 39.7. The van der Waals surface area contributed by atoms with Gasteiger partial charge < -0.3 is 95.4 Å². The number of nitrogens with two attached hydrogens (primary N) is 3. The van der Waals surface area contributed by atoms with Gasteiger partial charge in [-0.3, -0.25) is 52.9 Å². The molecule has 9 amide bonds. The molecule has 0 spiro atoms. The van der Waals surface area contributed by atoms with Gasteiger partial charge in [-0.15, -0.1) is 15.2 Å². The van der Waals surface area contributed by atoms with Gasteiger partial charge in [0.2, 0.25) is 17.7 Å². The molecule has 0 saturated carbocycles. The molecule has 9 heterocycles. The van der Waals surface area contributed by atoms with Crippen molar-refractivity contribution in [2.24, 2.45) is 0 Å². The zero-order valence-corrected chi connectivity index (χ0v) is 82.2. The van der Waals surface area contributed by atoms with Gasteiger partial charge in [0.05, 0.1) is 98.5 Å². The van der Waals surface area contributed by atoms with Crippen LogP contribution in [0.25, 0.3) is 65.8 Å². The van der Waals surface area contributed by atoms with Crippen molar-refractivity contribution in [3.8, 4) is 23.0 Å². The third-order valence-electron chi connectivity index (χ3n) is 24.2. The van der Waals surface area contributed by atoms with Crippen LogP contribution in [0.2, 0.25) is 0 Å². The van der Waals surface area contributed by atoms with Crippen molar-refractivity contribution in [1.29, 1.82) is 0 Å². The lowest BCUT2D eigenvalue weighted by molar-refractivity contribution is -0.197. The summed E-state index contributed by atoms with van der Waals surface area (Å²) in [5.41, 5.74) is 32.8. The van der Waals surface area contributed by atoms with E-state index in [1.165, 1.54) is 6.07 Å². The maximum atomic E-state index is 12.1. The Morgan fingerprint density at radius 2 is 0.717 bits per heavy atom. The minimum Gasteiger partial charge on any atom is -0.508 e. The number of phenols is 3. The van der Waals surface area contributed by atoms with Crippen LogP contribution >= 0.6 is 7.82 Å². The number of phenolic OH excluding ortho intramolecular Hbond substituents is 3. The minimum atomic E-state index is -4.69. The fourth-order valence-electron chi connectivity index (χ4n) is 16.7. The van der Waals surface area contributed by atoms with E-state index in [4.69, 9.17) is 65.4 Å². The first kappa shape index (κ1) is 107. The number of imidazole rings is 3. The Hall–Kier alpha value is -15.2. The number of carbonyl (C=O) groups excluding carboxylic acids is 12. The van der Waals surface area contributed by atoms with Crippen molar-refractivity contribution >= 4 is 162 Å². The summed E-state index contributed by atoms with van der Waals surface area (Å²) in [6, 6.07) is 33.6. The summed E-state index contributed by atoms with van der Waals surface area (Å²) in [6.07, 6.45) is 8.68. The van der Waals surface area contributed by atoms with Crippen LogP contribution in [0.4, 0.5) is 17.5 Å². The molecule has 3 aliphatic heterocycles. The predicted octanol–water partition coefficient (Wildman–Crippen LogP) is 10.1. The molecule has 44 heteroatoms. The van der Waals surface area contributed by atoms with Crippen LogP contribution in [0.3, 0.4) is 0 Å². The zero-order valence-electron chi connectivity index (χ0n) is 81.3. The maximum absolute atomic E-state index is 12.1. The molecule has 0 bridgehead atoms. The van der Waals surface area contributed by atoms with Gasteiger partial charge in [0.25, 0.3) is 35.4 Å². The average molecular weight is 2020 g/mol. The zero-order chi connectivity index (χ0) is 104. The van der Waals surface area contributed by atoms with Crippen molar-refractivity contribution in [3.63, 3.8) is 0 Å². The number of hydroxylamine groups is 6. The summed E-state index contributed by atoms with van der Waals surface area (Å²) in [5, 5.41) is 42.7. The number of nitrogens with one attached hydrogen (secondary N) is 3. The molecule has 768 valence electrons. The van der Waals surface area contributed by atoms with Crippen LogP contribution in [0, 0.1) is 13.8 Å². The third kappa shape index (κ3) is 28.5. The number of nitrogens with zero attached hydrogens (tertiary/aromatic N) is 12. The molecular formula is C101H119N18O25P. The van der Waals surface area contributed by atoms with E-state index in [2.05, 4.69) is 60.8 Å². The first-order valence-corrected chi connectivity index (χ1v) is 49.7. The Labute approximate surface area is 832 Å². The summed E-state index contributed by atoms with van der Waals surface area (Å²) in [7, 11) is -4.69. The SMILES string of the molecule is CCCCc1nc2c(N)nc3cc(CCOCCNC(=O)CCC(=O)ON4C(=O)CCC4=O)ccc3c2n1Cc1ccc(O)c(C)c1.CCCCc1nc2c(N)nc3cc(CCOCCNC(=O)CCC(=O)ON4C(=O)CCC4=O)ccc3c2n1Cc1ccc(OP(=O)(O)O)c(C)c1.CCCCc1nc2c(N)nc3cc(CCOCCNC(=O)CCC(=O)ON4C(=O)CCC4=O)ccc3c2n1Cc1cccc(O)c1O. The largest absolute Gasteiger partial charge is 0.524 e. The Kier molecular flexibility index (Phi) is 37.1. The Morgan fingerprint density at radius 3 is 1.05 bits per heavy atom. The molecule has 6 aromatic heterocycles. The monoisotopic (exact) mass is 2010 g/mol. The number of phosphoric ester groups is 1. The van der Waals surface area contributed by atoms with E-state index in [0.717, 1.165) is 147 Å². The number of pyridine rings is 3. The number of aromatic hydroxyl groups is 3. The Balaban J connectivity index is 0.000000182. The van der Waals surface area contributed by atoms with Gasteiger partial charge in [0.1, 0.15) is 45.5 Å². The molecule has 3 aliphatic rings. The summed E-state index contributed by atoms with van der Waals surface area (Å²) >= 11 is 0. The van der Waals surface area contributed by atoms with Crippen LogP contribution in [0.1, 0.15) is 198 Å². The Morgan fingerprint density at radius 1 is 0.386 bits per heavy atom. The van der Waals surface area contributed by atoms with Crippen molar-refractivity contribution in [3.05, 3.63) is 171 Å². The molecular weight excluding hydrogens is 1900 g/mol. The lowest BCUT2D eigenvalue weighted by Crippen LogP contribution is -2.33. The minimum absolute atomic E-state index is 0.00226. The number of imide groups is 3. The van der Waals surface area contributed by atoms with Crippen molar-refractivity contribution in [1.82, 2.24) is 74.7 Å². The number of para-hydroxylation sites is 1. The van der Waals surface area contributed by atoms with Gasteiger partial charge in [0, 0.05) is 131 Å². The van der Waals surface area contributed by atoms with E-state index in [-0.39, 0.29) is 151 Å². The number of nitrogen functional groups attached to an aromatic ring is 3. The number of benzene rings is 6. The third-order valence-corrected chi connectivity index (χ3v) is 24.6. The molecule has 0 unspecified atom stereocenters. The number of anilines is 3. The molecule has 43 nitrogen and oxygen atoms in total. The number of ether oxygens (including phenoxy) is 3. The molecule has 14 N–H and O–H groups in total. The predicted molar refractivity (Wildman–Crippen MR) is 530 cm³/mol. The average Bonchev–Trinajstić information content (AvgIpc) is 1.61. The number of phosphoric acid groups is 1. The molecule has 0 atom stereocenters. The second kappa shape index (κ2) is 50.2. The highest BCUT2D eigenvalue weighted by molar-refractivity contribution is 7.46. The normalized spacial score (nSPS) is 13.2. The number of carbonyl (C=O) groups is 12. The quantitative estimate of drug-likeness (QED) is 0.00731. The van der Waals surface area contributed by atoms with Crippen LogP contribution < -0.4 is 37.7 Å². The van der Waals surface area contributed by atoms with Crippen molar-refractivity contribution in [2.75, 3.05) is 76.5 Å². The van der Waals surface area contributed by atoms with E-state index in [1.807, 2.05) is 84.3 Å². The second-order valence-electron chi connectivity index (χ2n) is 35.2. The standard InChI is InChI=1S/C34H41N6O10P.C34H40N6O7.C33H38N6O8/c1-3-4-5-27-38-32-33(39(27)20-23-7-9-26(21(2)18-23)50-51(45,46)47)24-8-6-22(19-25(24)37-34(32)35)14-16-48-17-15-36-28(41)10-13-31(44)49-40-29(42)11-12-30(40)43;1-3-4-5-27-38-32-33(39(27)20-23-7-9-26(41)21(2)18-23)24-8-6-22(19-25(24)37-34(32)35)14-16-46-17-15-36-28(42)10-13-31(45)47-40-29(43)11-12-30(40)44;1-2-3-7-25-37-30-31(38(25)19-21-5-4-6-24(40)32(21)45)22-9-8-20(18-23(22)36-33(30)34)14-16-46-17-15-35-26(41)10-13-29(44)47-39-27(42)11-12-28(39)43/h6-9,18-19H,3-5,10-17,20H2,1-2H3,(H2,35,37)(H,36,41)(H2,45,46,47);6-9,18-19,41H,3-5,10-17,20H2,1-2H3,(H2,35,37)(H,36,42);4-6,8-9,18,40,45H,2-3,7,10-17,19H2,1H3,(H2,34,36)(H,35,41). The molecule has 6 aromatic carbocycles. The number of fused-ring (bicyclic) bond motifs is 9. The topological polar surface area (TPSA) is 604 Å². The van der Waals surface area contributed by atoms with Gasteiger partial charge in [-0.2, -0.15) is 0 Å². The molecule has 0 radical (unpaired) electrons. The van der Waals surface area contributed by atoms with E-state index in [9.17, 15) is 87.2 Å². The Bertz CT molecular complexity index is 6890. The number of rotatable bonds is 47. The van der Waals surface area contributed by atoms with E-state index in [1.54, 1.807) is 37.3 Å². The second-order valence-corrected chi connectivity index (χ2v) is 36.3. The van der Waals surface area contributed by atoms with Crippen LogP contribution in [-0.2, 0) is 149 Å². The molecule has 12 aromatic rings. The molecule has 145 heavy (non-hydrogen) atoms. The van der Waals surface area contributed by atoms with Gasteiger partial charge in [0.15, 0.2) is 29.0 Å². The number of aromatic nitrogens is 9. The summed E-state index contributed by atoms with van der Waals surface area (Å²) in [5.74, 6) is -3.39. The van der Waals surface area contributed by atoms with Crippen LogP contribution in [-0.4, -0.2) is 214 Å². The first-order chi connectivity index (χ1) is 69.6. The number of unbranched alkanes of at least 4 members (excludes halogenated alkanes) is 3. The van der Waals surface area contributed by atoms with Crippen molar-refractivity contribution in [2.45, 2.75) is 208 Å². The summed E-state index contributed by atoms with van der Waals surface area (Å²) in [4.78, 5) is 202. The number of amides is 9. The maximum Gasteiger partial charge on any atom is 0.524 e. The molecule has 0 aliphatic carbocycles. The molecule has 3 fully saturated rings. The van der Waals surface area contributed by atoms with Crippen LogP contribution in [0.5, 0.6) is 23.0 Å². The van der Waals surface area contributed by atoms with Gasteiger partial charge >= 0.3 is 25.7 Å². The summed E-state index contributed by atoms with van der Waals surface area (Å²) in [6.45, 7) is 14.0. The van der Waals surface area contributed by atoms with E-state index >= 15 is 0 Å². The first-order valence-electron chi connectivity index (χ1n) is 48.2. The van der Waals surface area contributed by atoms with E-state index < -0.39 is 67.1 Å². The number of hydrogen-bond acceptors (Lipinski definition) is 32. The van der Waals surface area contributed by atoms with Gasteiger partial charge in [-0.05, 0) is 128 Å². The van der Waals surface area contributed by atoms with Gasteiger partial charge in [-0.25, -0.2) is 48.9 Å². The fraction of sp³-hybridized carbons (Fsp3) is 0.406.